The molecule has 1 N–H and O–H groups in total. The van der Waals surface area contributed by atoms with E-state index in [2.05, 4.69) is 29.1 Å². The van der Waals surface area contributed by atoms with Crippen molar-refractivity contribution in [2.45, 2.75) is 32.6 Å². The van der Waals surface area contributed by atoms with Crippen LogP contribution in [-0.2, 0) is 12.8 Å². The molecule has 1 aromatic heterocycles. The van der Waals surface area contributed by atoms with E-state index < -0.39 is 0 Å². The van der Waals surface area contributed by atoms with Crippen LogP contribution in [0.3, 0.4) is 0 Å². The summed E-state index contributed by atoms with van der Waals surface area (Å²) in [6, 6.07) is 9.34. The zero-order chi connectivity index (χ0) is 14.9. The Kier molecular flexibility index (Phi) is 6.90. The van der Waals surface area contributed by atoms with Gasteiger partial charge in [-0.1, -0.05) is 25.1 Å². The lowest BCUT2D eigenvalue weighted by molar-refractivity contribution is 0.436. The molecule has 1 nitrogen and oxygen atoms in total. The quantitative estimate of drug-likeness (QED) is 0.663. The van der Waals surface area contributed by atoms with Crippen LogP contribution in [0.4, 0.5) is 4.39 Å². The van der Waals surface area contributed by atoms with Crippen LogP contribution in [0.25, 0.3) is 0 Å². The maximum Gasteiger partial charge on any atom is 0.126 e. The maximum absolute atomic E-state index is 13.8. The Morgan fingerprint density at radius 1 is 1.24 bits per heavy atom. The lowest BCUT2D eigenvalue weighted by Crippen LogP contribution is -2.25. The second kappa shape index (κ2) is 8.96. The predicted molar refractivity (Wildman–Crippen MR) is 89.4 cm³/mol. The highest BCUT2D eigenvalue weighted by Crippen LogP contribution is 2.18. The molecule has 0 aliphatic rings. The predicted octanol–water partition coefficient (Wildman–Crippen LogP) is 4.68. The van der Waals surface area contributed by atoms with E-state index in [1.54, 1.807) is 23.5 Å². The van der Waals surface area contributed by atoms with E-state index in [0.717, 1.165) is 44.3 Å². The molecule has 0 saturated heterocycles. The molecule has 0 aliphatic heterocycles. The Morgan fingerprint density at radius 3 is 2.81 bits per heavy atom. The number of halogens is 1. The summed E-state index contributed by atoms with van der Waals surface area (Å²) >= 11 is 1.74. The second-order valence-corrected chi connectivity index (χ2v) is 6.32. The molecule has 0 radical (unpaired) electrons. The fraction of sp³-hybridized carbons (Fsp3) is 0.444. The van der Waals surface area contributed by atoms with Crippen molar-refractivity contribution in [3.8, 4) is 0 Å². The van der Waals surface area contributed by atoms with E-state index in [1.807, 2.05) is 12.1 Å². The maximum atomic E-state index is 13.8. The van der Waals surface area contributed by atoms with Crippen molar-refractivity contribution in [3.05, 3.63) is 58.0 Å². The Morgan fingerprint density at radius 2 is 2.10 bits per heavy atom. The molecule has 0 saturated carbocycles. The highest BCUT2D eigenvalue weighted by atomic mass is 32.1. The third-order valence-electron chi connectivity index (χ3n) is 3.75. The van der Waals surface area contributed by atoms with Gasteiger partial charge in [0, 0.05) is 0 Å². The zero-order valence-electron chi connectivity index (χ0n) is 12.6. The first kappa shape index (κ1) is 16.2. The number of thiophene rings is 1. The summed E-state index contributed by atoms with van der Waals surface area (Å²) in [5.41, 5.74) is 2.24. The van der Waals surface area contributed by atoms with Crippen molar-refractivity contribution in [1.29, 1.82) is 0 Å². The minimum Gasteiger partial charge on any atom is -0.316 e. The molecule has 21 heavy (non-hydrogen) atoms. The zero-order valence-corrected chi connectivity index (χ0v) is 13.5. The second-order valence-electron chi connectivity index (χ2n) is 5.54. The molecular formula is C18H24FNS. The van der Waals surface area contributed by atoms with Gasteiger partial charge in [-0.25, -0.2) is 4.39 Å². The summed E-state index contributed by atoms with van der Waals surface area (Å²) in [5, 5.41) is 7.81. The van der Waals surface area contributed by atoms with Crippen molar-refractivity contribution in [3.63, 3.8) is 0 Å². The molecule has 3 heteroatoms. The number of benzene rings is 1. The van der Waals surface area contributed by atoms with Crippen molar-refractivity contribution in [1.82, 2.24) is 5.32 Å². The molecule has 2 rings (SSSR count). The number of hydrogen-bond donors (Lipinski definition) is 1. The average Bonchev–Trinajstić information content (AvgIpc) is 3.00. The molecule has 0 aliphatic carbocycles. The van der Waals surface area contributed by atoms with Gasteiger partial charge in [0.2, 0.25) is 0 Å². The van der Waals surface area contributed by atoms with Gasteiger partial charge in [0.1, 0.15) is 5.82 Å². The Hall–Kier alpha value is -1.19. The van der Waals surface area contributed by atoms with Crippen molar-refractivity contribution in [2.24, 2.45) is 5.92 Å². The number of rotatable bonds is 9. The molecule has 1 heterocycles. The summed E-state index contributed by atoms with van der Waals surface area (Å²) in [4.78, 5) is 0. The molecule has 0 fully saturated rings. The molecule has 0 spiro atoms. The van der Waals surface area contributed by atoms with E-state index in [9.17, 15) is 4.39 Å². The third-order valence-corrected chi connectivity index (χ3v) is 4.48. The average molecular weight is 305 g/mol. The Labute approximate surface area is 131 Å². The summed E-state index contributed by atoms with van der Waals surface area (Å²) in [7, 11) is 0. The van der Waals surface area contributed by atoms with Gasteiger partial charge >= 0.3 is 0 Å². The Balaban J connectivity index is 1.92. The van der Waals surface area contributed by atoms with Gasteiger partial charge in [-0.3, -0.25) is 0 Å². The van der Waals surface area contributed by atoms with Gasteiger partial charge in [0.25, 0.3) is 0 Å². The van der Waals surface area contributed by atoms with Crippen LogP contribution >= 0.6 is 11.3 Å². The SMILES string of the molecule is CCCNCC(CCc1ccsc1)Cc1ccccc1F. The first-order valence-corrected chi connectivity index (χ1v) is 8.69. The van der Waals surface area contributed by atoms with Crippen LogP contribution < -0.4 is 5.32 Å². The minimum absolute atomic E-state index is 0.0754. The van der Waals surface area contributed by atoms with Gasteiger partial charge in [-0.15, -0.1) is 0 Å². The third kappa shape index (κ3) is 5.60. The fourth-order valence-corrected chi connectivity index (χ4v) is 3.24. The van der Waals surface area contributed by atoms with Crippen LogP contribution in [-0.4, -0.2) is 13.1 Å². The first-order valence-electron chi connectivity index (χ1n) is 7.74. The Bertz CT molecular complexity index is 510. The van der Waals surface area contributed by atoms with Crippen molar-refractivity contribution in [2.75, 3.05) is 13.1 Å². The van der Waals surface area contributed by atoms with Gasteiger partial charge in [0.05, 0.1) is 0 Å². The van der Waals surface area contributed by atoms with Gasteiger partial charge < -0.3 is 5.32 Å². The van der Waals surface area contributed by atoms with Crippen molar-refractivity contribution >= 4 is 11.3 Å². The van der Waals surface area contributed by atoms with E-state index >= 15 is 0 Å². The van der Waals surface area contributed by atoms with Crippen LogP contribution in [0.15, 0.2) is 41.1 Å². The van der Waals surface area contributed by atoms with Crippen LogP contribution in [0, 0.1) is 11.7 Å². The molecule has 1 aromatic carbocycles. The smallest absolute Gasteiger partial charge is 0.126 e. The van der Waals surface area contributed by atoms with Gasteiger partial charge in [-0.05, 0) is 78.7 Å². The highest BCUT2D eigenvalue weighted by Gasteiger charge is 2.12. The van der Waals surface area contributed by atoms with Crippen LogP contribution in [0.2, 0.25) is 0 Å². The summed E-state index contributed by atoms with van der Waals surface area (Å²) in [6.45, 7) is 4.17. The molecule has 2 aromatic rings. The van der Waals surface area contributed by atoms with Gasteiger partial charge in [0.15, 0.2) is 0 Å². The molecule has 1 atom stereocenters. The molecule has 1 unspecified atom stereocenters. The molecule has 114 valence electrons. The number of hydrogen-bond acceptors (Lipinski definition) is 2. The van der Waals surface area contributed by atoms with E-state index in [4.69, 9.17) is 0 Å². The van der Waals surface area contributed by atoms with Gasteiger partial charge in [-0.2, -0.15) is 11.3 Å². The number of aryl methyl sites for hydroxylation is 1. The first-order chi connectivity index (χ1) is 10.3. The lowest BCUT2D eigenvalue weighted by atomic mass is 9.93. The van der Waals surface area contributed by atoms with Crippen molar-refractivity contribution < 1.29 is 4.39 Å². The molecule has 0 amide bonds. The summed E-state index contributed by atoms with van der Waals surface area (Å²) in [6.07, 6.45) is 4.13. The summed E-state index contributed by atoms with van der Waals surface area (Å²) < 4.78 is 13.8. The molecule has 0 bridgehead atoms. The fourth-order valence-electron chi connectivity index (χ4n) is 2.54. The summed E-state index contributed by atoms with van der Waals surface area (Å²) in [5.74, 6) is 0.405. The standard InChI is InChI=1S/C18H24FNS/c1-2-10-20-13-16(8-7-15-9-11-21-14-15)12-17-5-3-4-6-18(17)19/h3-6,9,11,14,16,20H,2,7-8,10,12-13H2,1H3. The topological polar surface area (TPSA) is 12.0 Å². The number of nitrogens with one attached hydrogen (secondary N) is 1. The molecular weight excluding hydrogens is 281 g/mol. The van der Waals surface area contributed by atoms with Crippen LogP contribution in [0.1, 0.15) is 30.9 Å². The largest absolute Gasteiger partial charge is 0.316 e. The van der Waals surface area contributed by atoms with E-state index in [1.165, 1.54) is 5.56 Å². The normalized spacial score (nSPS) is 12.5. The van der Waals surface area contributed by atoms with E-state index in [0.29, 0.717) is 5.92 Å². The van der Waals surface area contributed by atoms with E-state index in [-0.39, 0.29) is 5.82 Å². The monoisotopic (exact) mass is 305 g/mol. The lowest BCUT2D eigenvalue weighted by Gasteiger charge is -2.18. The highest BCUT2D eigenvalue weighted by molar-refractivity contribution is 7.07. The minimum atomic E-state index is -0.0754. The van der Waals surface area contributed by atoms with Crippen LogP contribution in [0.5, 0.6) is 0 Å².